The van der Waals surface area contributed by atoms with Crippen molar-refractivity contribution in [3.8, 4) is 5.75 Å². The topological polar surface area (TPSA) is 32.7 Å². The molecule has 3 heteroatoms. The summed E-state index contributed by atoms with van der Waals surface area (Å²) in [5, 5.41) is 9.05. The fraction of sp³-hybridized carbons (Fsp3) is 0.625. The zero-order valence-electron chi connectivity index (χ0n) is 11.8. The molecule has 1 aromatic rings. The van der Waals surface area contributed by atoms with Gasteiger partial charge in [0.15, 0.2) is 0 Å². The highest BCUT2D eigenvalue weighted by molar-refractivity contribution is 5.29. The summed E-state index contributed by atoms with van der Waals surface area (Å²) in [4.78, 5) is 2.53. The summed E-state index contributed by atoms with van der Waals surface area (Å²) in [5.41, 5.74) is 1.38. The second kappa shape index (κ2) is 7.51. The molecule has 1 saturated heterocycles. The number of aliphatic hydroxyl groups is 1. The first-order valence-electron chi connectivity index (χ1n) is 7.34. The maximum atomic E-state index is 9.05. The predicted molar refractivity (Wildman–Crippen MR) is 77.5 cm³/mol. The van der Waals surface area contributed by atoms with Gasteiger partial charge in [-0.05, 0) is 43.5 Å². The van der Waals surface area contributed by atoms with Gasteiger partial charge in [-0.3, -0.25) is 4.90 Å². The van der Waals surface area contributed by atoms with Crippen LogP contribution in [0.15, 0.2) is 24.3 Å². The SMILES string of the molecule is COc1ccc(C2CCCCCN2CCCO)cc1. The standard InChI is InChI=1S/C16H25NO2/c1-19-15-9-7-14(8-10-15)16-6-3-2-4-11-17(16)12-5-13-18/h7-10,16,18H,2-6,11-13H2,1H3. The molecule has 1 fully saturated rings. The number of ether oxygens (including phenoxy) is 1. The maximum Gasteiger partial charge on any atom is 0.118 e. The minimum absolute atomic E-state index is 0.284. The molecular weight excluding hydrogens is 238 g/mol. The van der Waals surface area contributed by atoms with Crippen LogP contribution in [0.2, 0.25) is 0 Å². The summed E-state index contributed by atoms with van der Waals surface area (Å²) in [6.45, 7) is 2.43. The molecule has 0 spiro atoms. The molecule has 0 aromatic heterocycles. The summed E-state index contributed by atoms with van der Waals surface area (Å²) < 4.78 is 5.23. The molecule has 0 saturated carbocycles. The van der Waals surface area contributed by atoms with Gasteiger partial charge in [0.2, 0.25) is 0 Å². The number of rotatable bonds is 5. The number of methoxy groups -OCH3 is 1. The molecule has 1 heterocycles. The van der Waals surface area contributed by atoms with E-state index in [-0.39, 0.29) is 6.61 Å². The normalized spacial score (nSPS) is 21.1. The third kappa shape index (κ3) is 3.95. The van der Waals surface area contributed by atoms with Crippen molar-refractivity contribution in [2.75, 3.05) is 26.8 Å². The first-order chi connectivity index (χ1) is 9.35. The van der Waals surface area contributed by atoms with E-state index in [2.05, 4.69) is 17.0 Å². The van der Waals surface area contributed by atoms with Gasteiger partial charge in [0.05, 0.1) is 7.11 Å². The van der Waals surface area contributed by atoms with Gasteiger partial charge >= 0.3 is 0 Å². The summed E-state index contributed by atoms with van der Waals surface area (Å²) in [6, 6.07) is 8.95. The molecule has 1 aromatic carbocycles. The van der Waals surface area contributed by atoms with Gasteiger partial charge < -0.3 is 9.84 Å². The Morgan fingerprint density at radius 2 is 2.00 bits per heavy atom. The number of likely N-dealkylation sites (tertiary alicyclic amines) is 1. The Balaban J connectivity index is 2.10. The van der Waals surface area contributed by atoms with Crippen LogP contribution in [0.4, 0.5) is 0 Å². The highest BCUT2D eigenvalue weighted by atomic mass is 16.5. The largest absolute Gasteiger partial charge is 0.497 e. The van der Waals surface area contributed by atoms with Crippen molar-refractivity contribution in [3.63, 3.8) is 0 Å². The lowest BCUT2D eigenvalue weighted by atomic mass is 10.0. The first kappa shape index (κ1) is 14.4. The Morgan fingerprint density at radius 1 is 1.21 bits per heavy atom. The second-order valence-electron chi connectivity index (χ2n) is 5.25. The first-order valence-corrected chi connectivity index (χ1v) is 7.34. The molecule has 19 heavy (non-hydrogen) atoms. The molecule has 1 unspecified atom stereocenters. The summed E-state index contributed by atoms with van der Waals surface area (Å²) >= 11 is 0. The number of hydrogen-bond acceptors (Lipinski definition) is 3. The van der Waals surface area contributed by atoms with E-state index in [0.717, 1.165) is 25.3 Å². The summed E-state index contributed by atoms with van der Waals surface area (Å²) in [5.74, 6) is 0.916. The maximum absolute atomic E-state index is 9.05. The van der Waals surface area contributed by atoms with Crippen molar-refractivity contribution >= 4 is 0 Å². The molecule has 0 aliphatic carbocycles. The van der Waals surface area contributed by atoms with Gasteiger partial charge in [0.25, 0.3) is 0 Å². The minimum Gasteiger partial charge on any atom is -0.497 e. The van der Waals surface area contributed by atoms with Crippen LogP contribution < -0.4 is 4.74 Å². The molecule has 2 rings (SSSR count). The van der Waals surface area contributed by atoms with Crippen molar-refractivity contribution in [1.82, 2.24) is 4.90 Å². The molecular formula is C16H25NO2. The van der Waals surface area contributed by atoms with Gasteiger partial charge in [-0.15, -0.1) is 0 Å². The Bertz CT molecular complexity index is 364. The Labute approximate surface area is 116 Å². The average Bonchev–Trinajstić information content (AvgIpc) is 2.70. The van der Waals surface area contributed by atoms with Crippen LogP contribution in [-0.2, 0) is 0 Å². The zero-order chi connectivity index (χ0) is 13.5. The zero-order valence-corrected chi connectivity index (χ0v) is 11.8. The quantitative estimate of drug-likeness (QED) is 0.886. The molecule has 1 aliphatic rings. The fourth-order valence-corrected chi connectivity index (χ4v) is 2.91. The van der Waals surface area contributed by atoms with Crippen LogP contribution >= 0.6 is 0 Å². The summed E-state index contributed by atoms with van der Waals surface area (Å²) in [6.07, 6.45) is 5.98. The smallest absolute Gasteiger partial charge is 0.118 e. The van der Waals surface area contributed by atoms with Crippen molar-refractivity contribution in [2.45, 2.75) is 38.1 Å². The highest BCUT2D eigenvalue weighted by Gasteiger charge is 2.21. The van der Waals surface area contributed by atoms with E-state index < -0.39 is 0 Å². The number of aliphatic hydroxyl groups excluding tert-OH is 1. The van der Waals surface area contributed by atoms with E-state index in [9.17, 15) is 0 Å². The van der Waals surface area contributed by atoms with E-state index >= 15 is 0 Å². The van der Waals surface area contributed by atoms with Gasteiger partial charge in [0, 0.05) is 19.2 Å². The third-order valence-corrected chi connectivity index (χ3v) is 3.97. The van der Waals surface area contributed by atoms with Crippen LogP contribution in [-0.4, -0.2) is 36.8 Å². The van der Waals surface area contributed by atoms with Gasteiger partial charge in [0.1, 0.15) is 5.75 Å². The van der Waals surface area contributed by atoms with Crippen molar-refractivity contribution in [1.29, 1.82) is 0 Å². The Kier molecular flexibility index (Phi) is 5.67. The van der Waals surface area contributed by atoms with Gasteiger partial charge in [-0.1, -0.05) is 25.0 Å². The molecule has 3 nitrogen and oxygen atoms in total. The predicted octanol–water partition coefficient (Wildman–Crippen LogP) is 2.99. The number of benzene rings is 1. The monoisotopic (exact) mass is 263 g/mol. The molecule has 0 radical (unpaired) electrons. The minimum atomic E-state index is 0.284. The lowest BCUT2D eigenvalue weighted by Gasteiger charge is -2.30. The van der Waals surface area contributed by atoms with Crippen molar-refractivity contribution in [3.05, 3.63) is 29.8 Å². The fourth-order valence-electron chi connectivity index (χ4n) is 2.91. The third-order valence-electron chi connectivity index (χ3n) is 3.97. The molecule has 1 N–H and O–H groups in total. The van der Waals surface area contributed by atoms with Gasteiger partial charge in [-0.25, -0.2) is 0 Å². The molecule has 0 bridgehead atoms. The molecule has 0 amide bonds. The van der Waals surface area contributed by atoms with E-state index in [0.29, 0.717) is 6.04 Å². The second-order valence-corrected chi connectivity index (χ2v) is 5.25. The average molecular weight is 263 g/mol. The van der Waals surface area contributed by atoms with E-state index in [1.807, 2.05) is 12.1 Å². The van der Waals surface area contributed by atoms with E-state index in [1.165, 1.54) is 31.2 Å². The lowest BCUT2D eigenvalue weighted by Crippen LogP contribution is -2.30. The van der Waals surface area contributed by atoms with Crippen LogP contribution in [0.25, 0.3) is 0 Å². The number of nitrogens with zero attached hydrogens (tertiary/aromatic N) is 1. The van der Waals surface area contributed by atoms with Crippen LogP contribution in [0.1, 0.15) is 43.7 Å². The van der Waals surface area contributed by atoms with Crippen LogP contribution in [0, 0.1) is 0 Å². The van der Waals surface area contributed by atoms with Crippen molar-refractivity contribution in [2.24, 2.45) is 0 Å². The van der Waals surface area contributed by atoms with Gasteiger partial charge in [-0.2, -0.15) is 0 Å². The Hall–Kier alpha value is -1.06. The molecule has 1 aliphatic heterocycles. The van der Waals surface area contributed by atoms with E-state index in [4.69, 9.17) is 9.84 Å². The highest BCUT2D eigenvalue weighted by Crippen LogP contribution is 2.31. The van der Waals surface area contributed by atoms with Crippen LogP contribution in [0.3, 0.4) is 0 Å². The number of hydrogen-bond donors (Lipinski definition) is 1. The van der Waals surface area contributed by atoms with E-state index in [1.54, 1.807) is 7.11 Å². The summed E-state index contributed by atoms with van der Waals surface area (Å²) in [7, 11) is 1.70. The van der Waals surface area contributed by atoms with Crippen LogP contribution in [0.5, 0.6) is 5.75 Å². The lowest BCUT2D eigenvalue weighted by molar-refractivity contribution is 0.177. The molecule has 1 atom stereocenters. The van der Waals surface area contributed by atoms with Crippen molar-refractivity contribution < 1.29 is 9.84 Å². The Morgan fingerprint density at radius 3 is 2.68 bits per heavy atom. The molecule has 106 valence electrons.